The van der Waals surface area contributed by atoms with Crippen molar-refractivity contribution in [2.24, 2.45) is 0 Å². The fourth-order valence-electron chi connectivity index (χ4n) is 1.40. The molecule has 2 aromatic heterocycles. The van der Waals surface area contributed by atoms with E-state index in [9.17, 15) is 0 Å². The number of rotatable bonds is 2. The topological polar surface area (TPSA) is 30.7 Å². The van der Waals surface area contributed by atoms with Crippen LogP contribution in [0.3, 0.4) is 0 Å². The molecule has 0 radical (unpaired) electrons. The van der Waals surface area contributed by atoms with Gasteiger partial charge in [-0.25, -0.2) is 9.67 Å². The first-order chi connectivity index (χ1) is 7.54. The monoisotopic (exact) mass is 275 g/mol. The quantitative estimate of drug-likeness (QED) is 0.784. The SMILES string of the molecule is Cc1nn(-c2nc(Cl)c(CCl)s2)c(C)c1C. The summed E-state index contributed by atoms with van der Waals surface area (Å²) in [6.45, 7) is 6.05. The normalized spacial score (nSPS) is 11.1. The number of thiazole rings is 1. The maximum absolute atomic E-state index is 5.97. The fourth-order valence-corrected chi connectivity index (χ4v) is 2.88. The van der Waals surface area contributed by atoms with Crippen LogP contribution in [0.15, 0.2) is 0 Å². The van der Waals surface area contributed by atoms with Gasteiger partial charge in [-0.3, -0.25) is 0 Å². The average Bonchev–Trinajstić information content (AvgIpc) is 2.74. The minimum atomic E-state index is 0.384. The molecule has 0 aliphatic rings. The van der Waals surface area contributed by atoms with E-state index in [4.69, 9.17) is 23.2 Å². The summed E-state index contributed by atoms with van der Waals surface area (Å²) >= 11 is 13.2. The Kier molecular flexibility index (Phi) is 3.24. The molecule has 16 heavy (non-hydrogen) atoms. The second-order valence-corrected chi connectivity index (χ2v) is 5.24. The summed E-state index contributed by atoms with van der Waals surface area (Å²) in [6.07, 6.45) is 0. The molecule has 2 heterocycles. The van der Waals surface area contributed by atoms with Crippen molar-refractivity contribution in [2.45, 2.75) is 26.7 Å². The van der Waals surface area contributed by atoms with E-state index in [2.05, 4.69) is 10.1 Å². The van der Waals surface area contributed by atoms with E-state index in [-0.39, 0.29) is 0 Å². The standard InChI is InChI=1S/C10H11Cl2N3S/c1-5-6(2)14-15(7(5)3)10-13-9(12)8(4-11)16-10/h4H2,1-3H3. The lowest BCUT2D eigenvalue weighted by molar-refractivity contribution is 0.825. The summed E-state index contributed by atoms with van der Waals surface area (Å²) in [5.41, 5.74) is 3.28. The van der Waals surface area contributed by atoms with E-state index in [1.54, 1.807) is 0 Å². The van der Waals surface area contributed by atoms with Crippen LogP contribution in [0, 0.1) is 20.8 Å². The van der Waals surface area contributed by atoms with Gasteiger partial charge in [-0.2, -0.15) is 5.10 Å². The van der Waals surface area contributed by atoms with Crippen LogP contribution in [-0.4, -0.2) is 14.8 Å². The van der Waals surface area contributed by atoms with Crippen LogP contribution >= 0.6 is 34.5 Å². The average molecular weight is 276 g/mol. The van der Waals surface area contributed by atoms with Crippen LogP contribution in [0.5, 0.6) is 0 Å². The lowest BCUT2D eigenvalue weighted by Gasteiger charge is -1.97. The molecule has 2 aromatic rings. The van der Waals surface area contributed by atoms with Gasteiger partial charge in [-0.15, -0.1) is 11.6 Å². The van der Waals surface area contributed by atoms with Gasteiger partial charge in [0.25, 0.3) is 0 Å². The smallest absolute Gasteiger partial charge is 0.210 e. The van der Waals surface area contributed by atoms with Gasteiger partial charge in [0.05, 0.1) is 16.5 Å². The zero-order valence-corrected chi connectivity index (χ0v) is 11.5. The van der Waals surface area contributed by atoms with E-state index in [1.165, 1.54) is 16.9 Å². The van der Waals surface area contributed by atoms with Crippen molar-refractivity contribution in [3.63, 3.8) is 0 Å². The molecule has 0 fully saturated rings. The third-order valence-corrected chi connectivity index (χ3v) is 4.48. The third kappa shape index (κ3) is 1.85. The summed E-state index contributed by atoms with van der Waals surface area (Å²) < 4.78 is 1.82. The van der Waals surface area contributed by atoms with Gasteiger partial charge < -0.3 is 0 Å². The highest BCUT2D eigenvalue weighted by Gasteiger charge is 2.14. The number of aromatic nitrogens is 3. The van der Waals surface area contributed by atoms with Crippen molar-refractivity contribution < 1.29 is 0 Å². The molecule has 3 nitrogen and oxygen atoms in total. The Morgan fingerprint density at radius 3 is 2.44 bits per heavy atom. The van der Waals surface area contributed by atoms with Crippen LogP contribution in [-0.2, 0) is 5.88 Å². The lowest BCUT2D eigenvalue weighted by Crippen LogP contribution is -1.98. The first-order valence-corrected chi connectivity index (χ1v) is 6.52. The Morgan fingerprint density at radius 1 is 1.31 bits per heavy atom. The summed E-state index contributed by atoms with van der Waals surface area (Å²) in [4.78, 5) is 5.15. The summed E-state index contributed by atoms with van der Waals surface area (Å²) in [5.74, 6) is 0.384. The second kappa shape index (κ2) is 4.35. The van der Waals surface area contributed by atoms with Crippen LogP contribution in [0.2, 0.25) is 5.15 Å². The Bertz CT molecular complexity index is 530. The van der Waals surface area contributed by atoms with Gasteiger partial charge >= 0.3 is 0 Å². The molecule has 0 aliphatic carbocycles. The van der Waals surface area contributed by atoms with Gasteiger partial charge in [-0.1, -0.05) is 22.9 Å². The summed E-state index contributed by atoms with van der Waals surface area (Å²) in [6, 6.07) is 0. The molecule has 0 saturated carbocycles. The predicted octanol–water partition coefficient (Wildman–Crippen LogP) is 3.65. The number of alkyl halides is 1. The molecule has 86 valence electrons. The highest BCUT2D eigenvalue weighted by Crippen LogP contribution is 2.28. The first-order valence-electron chi connectivity index (χ1n) is 4.79. The number of aryl methyl sites for hydroxylation is 1. The maximum Gasteiger partial charge on any atom is 0.212 e. The largest absolute Gasteiger partial charge is 0.212 e. The molecule has 6 heteroatoms. The molecule has 0 unspecified atom stereocenters. The highest BCUT2D eigenvalue weighted by molar-refractivity contribution is 7.14. The van der Waals surface area contributed by atoms with E-state index in [0.29, 0.717) is 11.0 Å². The minimum absolute atomic E-state index is 0.384. The van der Waals surface area contributed by atoms with Crippen molar-refractivity contribution in [1.82, 2.24) is 14.8 Å². The Morgan fingerprint density at radius 2 is 2.00 bits per heavy atom. The molecule has 2 rings (SSSR count). The summed E-state index contributed by atoms with van der Waals surface area (Å²) in [7, 11) is 0. The molecule has 0 aliphatic heterocycles. The van der Waals surface area contributed by atoms with E-state index in [0.717, 1.165) is 21.4 Å². The third-order valence-electron chi connectivity index (χ3n) is 2.59. The molecular formula is C10H11Cl2N3S. The van der Waals surface area contributed by atoms with Gasteiger partial charge in [0.1, 0.15) is 5.15 Å². The fraction of sp³-hybridized carbons (Fsp3) is 0.400. The number of nitrogens with zero attached hydrogens (tertiary/aromatic N) is 3. The molecule has 0 atom stereocenters. The van der Waals surface area contributed by atoms with Crippen molar-refractivity contribution in [3.8, 4) is 5.13 Å². The van der Waals surface area contributed by atoms with Crippen LogP contribution in [0.25, 0.3) is 5.13 Å². The lowest BCUT2D eigenvalue weighted by atomic mass is 10.2. The highest BCUT2D eigenvalue weighted by atomic mass is 35.5. The van der Waals surface area contributed by atoms with Gasteiger partial charge in [0, 0.05) is 5.69 Å². The molecule has 0 spiro atoms. The molecule has 0 N–H and O–H groups in total. The molecular weight excluding hydrogens is 265 g/mol. The van der Waals surface area contributed by atoms with Crippen LogP contribution < -0.4 is 0 Å². The minimum Gasteiger partial charge on any atom is -0.210 e. The molecule has 0 bridgehead atoms. The van der Waals surface area contributed by atoms with Gasteiger partial charge in [0.15, 0.2) is 0 Å². The number of hydrogen-bond donors (Lipinski definition) is 0. The maximum atomic E-state index is 5.97. The first kappa shape index (κ1) is 11.9. The van der Waals surface area contributed by atoms with Gasteiger partial charge in [0.2, 0.25) is 5.13 Å². The molecule has 0 amide bonds. The van der Waals surface area contributed by atoms with Crippen molar-refractivity contribution >= 4 is 34.5 Å². The molecule has 0 aromatic carbocycles. The predicted molar refractivity (Wildman–Crippen MR) is 68.0 cm³/mol. The van der Waals surface area contributed by atoms with E-state index < -0.39 is 0 Å². The Balaban J connectivity index is 2.54. The van der Waals surface area contributed by atoms with E-state index in [1.807, 2.05) is 25.5 Å². The number of halogens is 2. The Hall–Kier alpha value is -0.580. The van der Waals surface area contributed by atoms with Gasteiger partial charge in [-0.05, 0) is 26.3 Å². The van der Waals surface area contributed by atoms with Crippen molar-refractivity contribution in [2.75, 3.05) is 0 Å². The van der Waals surface area contributed by atoms with Crippen LogP contribution in [0.4, 0.5) is 0 Å². The van der Waals surface area contributed by atoms with Crippen LogP contribution in [0.1, 0.15) is 21.8 Å². The molecule has 0 saturated heterocycles. The van der Waals surface area contributed by atoms with Crippen molar-refractivity contribution in [1.29, 1.82) is 0 Å². The zero-order valence-electron chi connectivity index (χ0n) is 9.21. The number of hydrogen-bond acceptors (Lipinski definition) is 3. The second-order valence-electron chi connectivity index (χ2n) is 3.55. The Labute approximate surface area is 108 Å². The zero-order chi connectivity index (χ0) is 11.9. The van der Waals surface area contributed by atoms with Crippen molar-refractivity contribution in [3.05, 3.63) is 27.0 Å². The summed E-state index contributed by atoms with van der Waals surface area (Å²) in [5, 5.41) is 5.68. The van der Waals surface area contributed by atoms with E-state index >= 15 is 0 Å².